The molecule has 8 nitrogen and oxygen atoms in total. The van der Waals surface area contributed by atoms with Crippen LogP contribution in [0.4, 0.5) is 10.5 Å². The first-order chi connectivity index (χ1) is 13.5. The number of rotatable bonds is 5. The second kappa shape index (κ2) is 7.83. The molecule has 1 aliphatic heterocycles. The highest BCUT2D eigenvalue weighted by Gasteiger charge is 2.37. The van der Waals surface area contributed by atoms with Crippen molar-refractivity contribution < 1.29 is 28.6 Å². The standard InChI is InChI=1S/C20H18N2O6/c1-26-14-8-5-7-13(11-14)22-19(24)15(18(23)21-20(22)25)10-12-6-4-9-16(27-2)17(12)28-3/h4-11H,1-3H3,(H,21,23,25). The molecule has 0 aromatic heterocycles. The number of anilines is 1. The summed E-state index contributed by atoms with van der Waals surface area (Å²) in [5.41, 5.74) is 0.520. The summed E-state index contributed by atoms with van der Waals surface area (Å²) in [6.45, 7) is 0. The SMILES string of the molecule is COc1cccc(N2C(=O)NC(=O)C(=Cc3cccc(OC)c3OC)C2=O)c1. The number of nitrogens with zero attached hydrogens (tertiary/aromatic N) is 1. The third-order valence-corrected chi connectivity index (χ3v) is 4.15. The minimum atomic E-state index is -0.835. The van der Waals surface area contributed by atoms with E-state index in [0.717, 1.165) is 4.90 Å². The second-order valence-electron chi connectivity index (χ2n) is 5.74. The summed E-state index contributed by atoms with van der Waals surface area (Å²) in [5, 5.41) is 2.18. The number of para-hydroxylation sites is 1. The van der Waals surface area contributed by atoms with Crippen LogP contribution in [0.2, 0.25) is 0 Å². The number of amides is 4. The number of hydrogen-bond donors (Lipinski definition) is 1. The number of ether oxygens (including phenoxy) is 3. The Morgan fingerprint density at radius 1 is 0.929 bits per heavy atom. The summed E-state index contributed by atoms with van der Waals surface area (Å²) in [6, 6.07) is 10.6. The zero-order valence-electron chi connectivity index (χ0n) is 15.5. The number of carbonyl (C=O) groups is 3. The summed E-state index contributed by atoms with van der Waals surface area (Å²) >= 11 is 0. The Hall–Kier alpha value is -3.81. The molecule has 1 fully saturated rings. The van der Waals surface area contributed by atoms with Crippen LogP contribution in [0.3, 0.4) is 0 Å². The van der Waals surface area contributed by atoms with E-state index in [1.807, 2.05) is 0 Å². The van der Waals surface area contributed by atoms with E-state index in [4.69, 9.17) is 14.2 Å². The number of benzene rings is 2. The van der Waals surface area contributed by atoms with Crippen molar-refractivity contribution in [3.05, 3.63) is 53.6 Å². The van der Waals surface area contributed by atoms with E-state index in [1.165, 1.54) is 33.5 Å². The highest BCUT2D eigenvalue weighted by atomic mass is 16.5. The van der Waals surface area contributed by atoms with Gasteiger partial charge >= 0.3 is 6.03 Å². The molecule has 8 heteroatoms. The van der Waals surface area contributed by atoms with Gasteiger partial charge in [0.05, 0.1) is 27.0 Å². The summed E-state index contributed by atoms with van der Waals surface area (Å²) in [6.07, 6.45) is 1.36. The van der Waals surface area contributed by atoms with E-state index < -0.39 is 17.8 Å². The number of nitrogens with one attached hydrogen (secondary N) is 1. The molecule has 2 aromatic carbocycles. The van der Waals surface area contributed by atoms with Gasteiger partial charge in [0.2, 0.25) is 0 Å². The van der Waals surface area contributed by atoms with Crippen molar-refractivity contribution in [3.8, 4) is 17.2 Å². The average molecular weight is 382 g/mol. The first-order valence-corrected chi connectivity index (χ1v) is 8.26. The zero-order valence-corrected chi connectivity index (χ0v) is 15.5. The van der Waals surface area contributed by atoms with E-state index in [-0.39, 0.29) is 11.3 Å². The minimum absolute atomic E-state index is 0.214. The van der Waals surface area contributed by atoms with Crippen LogP contribution in [-0.4, -0.2) is 39.2 Å². The topological polar surface area (TPSA) is 94.2 Å². The molecule has 0 radical (unpaired) electrons. The van der Waals surface area contributed by atoms with Crippen LogP contribution in [-0.2, 0) is 9.59 Å². The predicted octanol–water partition coefficient (Wildman–Crippen LogP) is 2.38. The van der Waals surface area contributed by atoms with Crippen LogP contribution < -0.4 is 24.4 Å². The van der Waals surface area contributed by atoms with Crippen LogP contribution >= 0.6 is 0 Å². The summed E-state index contributed by atoms with van der Waals surface area (Å²) in [7, 11) is 4.41. The third-order valence-electron chi connectivity index (χ3n) is 4.15. The molecule has 1 heterocycles. The quantitative estimate of drug-likeness (QED) is 0.630. The van der Waals surface area contributed by atoms with Crippen molar-refractivity contribution in [1.82, 2.24) is 5.32 Å². The molecule has 0 spiro atoms. The molecule has 1 saturated heterocycles. The Morgan fingerprint density at radius 3 is 2.36 bits per heavy atom. The molecule has 144 valence electrons. The van der Waals surface area contributed by atoms with Crippen LogP contribution in [0.1, 0.15) is 5.56 Å². The van der Waals surface area contributed by atoms with Crippen LogP contribution in [0.5, 0.6) is 17.2 Å². The molecule has 0 bridgehead atoms. The maximum absolute atomic E-state index is 13.0. The number of methoxy groups -OCH3 is 3. The van der Waals surface area contributed by atoms with Crippen molar-refractivity contribution in [2.24, 2.45) is 0 Å². The molecule has 3 rings (SSSR count). The molecule has 1 aliphatic rings. The van der Waals surface area contributed by atoms with Crippen LogP contribution in [0.15, 0.2) is 48.0 Å². The number of carbonyl (C=O) groups excluding carboxylic acids is 3. The lowest BCUT2D eigenvalue weighted by Gasteiger charge is -2.26. The van der Waals surface area contributed by atoms with E-state index in [0.29, 0.717) is 22.8 Å². The molecular weight excluding hydrogens is 364 g/mol. The molecule has 0 atom stereocenters. The number of hydrogen-bond acceptors (Lipinski definition) is 6. The van der Waals surface area contributed by atoms with Gasteiger partial charge in [-0.05, 0) is 24.3 Å². The Balaban J connectivity index is 2.07. The lowest BCUT2D eigenvalue weighted by atomic mass is 10.1. The lowest BCUT2D eigenvalue weighted by molar-refractivity contribution is -0.122. The van der Waals surface area contributed by atoms with Gasteiger partial charge < -0.3 is 14.2 Å². The van der Waals surface area contributed by atoms with Gasteiger partial charge in [-0.25, -0.2) is 9.69 Å². The van der Waals surface area contributed by atoms with Gasteiger partial charge in [0.25, 0.3) is 11.8 Å². The van der Waals surface area contributed by atoms with Crippen LogP contribution in [0, 0.1) is 0 Å². The van der Waals surface area contributed by atoms with E-state index >= 15 is 0 Å². The van der Waals surface area contributed by atoms with Crippen molar-refractivity contribution >= 4 is 29.6 Å². The van der Waals surface area contributed by atoms with Gasteiger partial charge in [0, 0.05) is 11.6 Å². The van der Waals surface area contributed by atoms with Gasteiger partial charge in [-0.3, -0.25) is 14.9 Å². The molecule has 28 heavy (non-hydrogen) atoms. The molecule has 4 amide bonds. The van der Waals surface area contributed by atoms with Crippen LogP contribution in [0.25, 0.3) is 6.08 Å². The lowest BCUT2D eigenvalue weighted by Crippen LogP contribution is -2.54. The van der Waals surface area contributed by atoms with Gasteiger partial charge in [0.1, 0.15) is 11.3 Å². The van der Waals surface area contributed by atoms with Gasteiger partial charge in [-0.1, -0.05) is 18.2 Å². The van der Waals surface area contributed by atoms with Crippen molar-refractivity contribution in [2.45, 2.75) is 0 Å². The molecule has 2 aromatic rings. The fraction of sp³-hybridized carbons (Fsp3) is 0.150. The highest BCUT2D eigenvalue weighted by Crippen LogP contribution is 2.33. The minimum Gasteiger partial charge on any atom is -0.497 e. The van der Waals surface area contributed by atoms with Crippen molar-refractivity contribution in [1.29, 1.82) is 0 Å². The fourth-order valence-corrected chi connectivity index (χ4v) is 2.82. The summed E-state index contributed by atoms with van der Waals surface area (Å²) in [4.78, 5) is 38.5. The smallest absolute Gasteiger partial charge is 0.335 e. The van der Waals surface area contributed by atoms with E-state index in [9.17, 15) is 14.4 Å². The molecule has 0 saturated carbocycles. The highest BCUT2D eigenvalue weighted by molar-refractivity contribution is 6.39. The molecule has 0 aliphatic carbocycles. The molecule has 0 unspecified atom stereocenters. The maximum atomic E-state index is 13.0. The Bertz CT molecular complexity index is 982. The second-order valence-corrected chi connectivity index (χ2v) is 5.74. The molecule has 1 N–H and O–H groups in total. The Morgan fingerprint density at radius 2 is 1.68 bits per heavy atom. The van der Waals surface area contributed by atoms with Crippen molar-refractivity contribution in [3.63, 3.8) is 0 Å². The monoisotopic (exact) mass is 382 g/mol. The van der Waals surface area contributed by atoms with Gasteiger partial charge in [-0.2, -0.15) is 0 Å². The van der Waals surface area contributed by atoms with Crippen molar-refractivity contribution in [2.75, 3.05) is 26.2 Å². The molecular formula is C20H18N2O6. The van der Waals surface area contributed by atoms with E-state index in [1.54, 1.807) is 36.4 Å². The number of barbiturate groups is 1. The number of imide groups is 2. The van der Waals surface area contributed by atoms with Gasteiger partial charge in [0.15, 0.2) is 11.5 Å². The number of urea groups is 1. The first kappa shape index (κ1) is 19.0. The largest absolute Gasteiger partial charge is 0.497 e. The zero-order chi connectivity index (χ0) is 20.3. The average Bonchev–Trinajstić information content (AvgIpc) is 2.70. The van der Waals surface area contributed by atoms with Gasteiger partial charge in [-0.15, -0.1) is 0 Å². The fourth-order valence-electron chi connectivity index (χ4n) is 2.82. The first-order valence-electron chi connectivity index (χ1n) is 8.26. The summed E-state index contributed by atoms with van der Waals surface area (Å²) in [5.74, 6) is -0.273. The third kappa shape index (κ3) is 3.39. The Labute approximate surface area is 161 Å². The summed E-state index contributed by atoms with van der Waals surface area (Å²) < 4.78 is 15.7. The maximum Gasteiger partial charge on any atom is 0.335 e. The van der Waals surface area contributed by atoms with E-state index in [2.05, 4.69) is 5.32 Å². The Kier molecular flexibility index (Phi) is 5.30. The normalized spacial score (nSPS) is 15.5. The predicted molar refractivity (Wildman–Crippen MR) is 102 cm³/mol.